The van der Waals surface area contributed by atoms with E-state index < -0.39 is 0 Å². The molecule has 39 heavy (non-hydrogen) atoms. The molecule has 0 amide bonds. The summed E-state index contributed by atoms with van der Waals surface area (Å²) in [4.78, 5) is 0. The summed E-state index contributed by atoms with van der Waals surface area (Å²) in [6, 6.07) is 29.4. The van der Waals surface area contributed by atoms with Crippen LogP contribution < -0.4 is 35.8 Å². The van der Waals surface area contributed by atoms with Crippen LogP contribution in [0.1, 0.15) is 0 Å². The predicted octanol–water partition coefficient (Wildman–Crippen LogP) is 4.10. The zero-order chi connectivity index (χ0) is 26.2. The van der Waals surface area contributed by atoms with E-state index in [1.807, 2.05) is 24.4 Å². The average molecular weight is 538 g/mol. The fraction of sp³-hybridized carbons (Fsp3) is 0.121. The summed E-state index contributed by atoms with van der Waals surface area (Å²) in [6.45, 7) is 0. The molecule has 0 atom stereocenters. The molecule has 5 nitrogen and oxygen atoms in total. The summed E-state index contributed by atoms with van der Waals surface area (Å²) in [6.07, 6.45) is 4.15. The number of nitrogens with zero attached hydrogens (tertiary/aromatic N) is 1. The molecule has 0 aliphatic carbocycles. The number of aromatic nitrogens is 1. The molecule has 196 valence electrons. The van der Waals surface area contributed by atoms with Crippen molar-refractivity contribution in [1.29, 1.82) is 0 Å². The number of halogens is 1. The average Bonchev–Trinajstić information content (AvgIpc) is 2.98. The summed E-state index contributed by atoms with van der Waals surface area (Å²) in [5.41, 5.74) is 5.42. The highest BCUT2D eigenvalue weighted by Crippen LogP contribution is 2.45. The zero-order valence-electron chi connectivity index (χ0n) is 22.2. The molecule has 0 aliphatic heterocycles. The van der Waals surface area contributed by atoms with E-state index in [0.717, 1.165) is 43.8 Å². The molecular weight excluding hydrogens is 510 g/mol. The van der Waals surface area contributed by atoms with E-state index in [1.54, 1.807) is 28.4 Å². The summed E-state index contributed by atoms with van der Waals surface area (Å²) >= 11 is 0. The lowest BCUT2D eigenvalue weighted by atomic mass is 9.96. The third-order valence-electron chi connectivity index (χ3n) is 7.10. The maximum absolute atomic E-state index is 5.94. The Kier molecular flexibility index (Phi) is 7.18. The van der Waals surface area contributed by atoms with Gasteiger partial charge in [0.05, 0.1) is 39.2 Å². The summed E-state index contributed by atoms with van der Waals surface area (Å²) in [5.74, 6) is 2.82. The first-order valence-corrected chi connectivity index (χ1v) is 12.4. The minimum atomic E-state index is 0. The van der Waals surface area contributed by atoms with Crippen molar-refractivity contribution in [1.82, 2.24) is 0 Å². The summed E-state index contributed by atoms with van der Waals surface area (Å²) in [5, 5.41) is 4.15. The topological polar surface area (TPSA) is 41.0 Å². The van der Waals surface area contributed by atoms with E-state index in [4.69, 9.17) is 18.9 Å². The van der Waals surface area contributed by atoms with Crippen molar-refractivity contribution in [3.8, 4) is 45.3 Å². The Morgan fingerprint density at radius 2 is 1.15 bits per heavy atom. The Morgan fingerprint density at radius 3 is 1.79 bits per heavy atom. The van der Waals surface area contributed by atoms with Gasteiger partial charge in [0.1, 0.15) is 0 Å². The Morgan fingerprint density at radius 1 is 0.538 bits per heavy atom. The Bertz CT molecular complexity index is 1800. The molecule has 0 unspecified atom stereocenters. The maximum atomic E-state index is 5.94. The second-order valence-corrected chi connectivity index (χ2v) is 9.11. The number of benzene rings is 4. The summed E-state index contributed by atoms with van der Waals surface area (Å²) in [7, 11) is 6.68. The number of rotatable bonds is 6. The summed E-state index contributed by atoms with van der Waals surface area (Å²) < 4.78 is 25.1. The van der Waals surface area contributed by atoms with Crippen molar-refractivity contribution < 1.29 is 35.8 Å². The van der Waals surface area contributed by atoms with Gasteiger partial charge in [-0.05, 0) is 40.3 Å². The molecule has 0 fully saturated rings. The van der Waals surface area contributed by atoms with Gasteiger partial charge in [-0.25, -0.2) is 0 Å². The zero-order valence-corrected chi connectivity index (χ0v) is 23.0. The molecule has 0 N–H and O–H groups in total. The van der Waals surface area contributed by atoms with E-state index in [-0.39, 0.29) is 12.4 Å². The SMILES string of the molecule is COc1cc2cc3c4cc(-c5ccc(-c6ccccc6)cc5)c(OC)c(OC)c4cc[n+]3cc2cc1OC.[Cl-]. The van der Waals surface area contributed by atoms with Gasteiger partial charge in [-0.2, -0.15) is 4.40 Å². The molecule has 6 heteroatoms. The number of fused-ring (bicyclic) bond motifs is 4. The van der Waals surface area contributed by atoms with E-state index >= 15 is 0 Å². The quantitative estimate of drug-likeness (QED) is 0.182. The molecule has 0 saturated carbocycles. The van der Waals surface area contributed by atoms with Gasteiger partial charge in [-0.1, -0.05) is 54.6 Å². The van der Waals surface area contributed by atoms with Crippen LogP contribution in [0.5, 0.6) is 23.0 Å². The van der Waals surface area contributed by atoms with Crippen LogP contribution in [-0.4, -0.2) is 28.4 Å². The van der Waals surface area contributed by atoms with Crippen molar-refractivity contribution in [2.45, 2.75) is 0 Å². The number of ether oxygens (including phenoxy) is 4. The van der Waals surface area contributed by atoms with E-state index in [2.05, 4.69) is 77.3 Å². The van der Waals surface area contributed by atoms with Gasteiger partial charge in [0.25, 0.3) is 0 Å². The van der Waals surface area contributed by atoms with Crippen LogP contribution in [-0.2, 0) is 0 Å². The molecule has 0 spiro atoms. The molecule has 6 aromatic rings. The molecule has 2 aromatic heterocycles. The maximum Gasteiger partial charge on any atom is 0.219 e. The fourth-order valence-corrected chi connectivity index (χ4v) is 5.21. The Hall–Kier alpha value is -4.48. The monoisotopic (exact) mass is 537 g/mol. The van der Waals surface area contributed by atoms with Crippen molar-refractivity contribution in [2.75, 3.05) is 28.4 Å². The lowest BCUT2D eigenvalue weighted by Gasteiger charge is -2.16. The third kappa shape index (κ3) is 4.45. The number of pyridine rings is 2. The lowest BCUT2D eigenvalue weighted by Crippen LogP contribution is -3.00. The van der Waals surface area contributed by atoms with Gasteiger partial charge in [-0.3, -0.25) is 0 Å². The van der Waals surface area contributed by atoms with E-state index in [9.17, 15) is 0 Å². The Balaban J connectivity index is 0.00000308. The van der Waals surface area contributed by atoms with Crippen LogP contribution in [0.3, 0.4) is 0 Å². The highest BCUT2D eigenvalue weighted by Gasteiger charge is 2.21. The number of methoxy groups -OCH3 is 4. The first-order chi connectivity index (χ1) is 18.6. The molecular formula is C33H28ClNO4. The van der Waals surface area contributed by atoms with E-state index in [0.29, 0.717) is 23.0 Å². The molecule has 0 bridgehead atoms. The van der Waals surface area contributed by atoms with Crippen LogP contribution in [0.15, 0.2) is 97.3 Å². The number of hydrogen-bond donors (Lipinski definition) is 0. The van der Waals surface area contributed by atoms with Crippen molar-refractivity contribution in [2.24, 2.45) is 0 Å². The number of hydrogen-bond acceptors (Lipinski definition) is 4. The first-order valence-electron chi connectivity index (χ1n) is 12.4. The molecule has 4 aromatic carbocycles. The molecule has 0 saturated heterocycles. The highest BCUT2D eigenvalue weighted by atomic mass is 35.5. The largest absolute Gasteiger partial charge is 1.00 e. The Labute approximate surface area is 233 Å². The first kappa shape index (κ1) is 26.1. The van der Waals surface area contributed by atoms with Gasteiger partial charge >= 0.3 is 0 Å². The van der Waals surface area contributed by atoms with Crippen LogP contribution in [0.25, 0.3) is 49.3 Å². The van der Waals surface area contributed by atoms with Gasteiger partial charge in [0.2, 0.25) is 5.52 Å². The molecule has 2 heterocycles. The third-order valence-corrected chi connectivity index (χ3v) is 7.10. The molecule has 6 rings (SSSR count). The van der Waals surface area contributed by atoms with Crippen LogP contribution >= 0.6 is 0 Å². The van der Waals surface area contributed by atoms with Crippen molar-refractivity contribution >= 4 is 27.1 Å². The van der Waals surface area contributed by atoms with Crippen LogP contribution in [0.2, 0.25) is 0 Å². The predicted molar refractivity (Wildman–Crippen MR) is 152 cm³/mol. The van der Waals surface area contributed by atoms with Gasteiger partial charge < -0.3 is 31.4 Å². The normalized spacial score (nSPS) is 10.9. The molecule has 0 aliphatic rings. The molecule has 0 radical (unpaired) electrons. The van der Waals surface area contributed by atoms with Crippen molar-refractivity contribution in [3.05, 3.63) is 97.3 Å². The fourth-order valence-electron chi connectivity index (χ4n) is 5.21. The van der Waals surface area contributed by atoms with Gasteiger partial charge in [0, 0.05) is 23.1 Å². The van der Waals surface area contributed by atoms with Gasteiger partial charge in [-0.15, -0.1) is 0 Å². The minimum absolute atomic E-state index is 0. The lowest BCUT2D eigenvalue weighted by molar-refractivity contribution is -0.509. The van der Waals surface area contributed by atoms with Gasteiger partial charge in [0.15, 0.2) is 35.4 Å². The van der Waals surface area contributed by atoms with Crippen LogP contribution in [0, 0.1) is 0 Å². The standard InChI is InChI=1S/C33H28NO4.ClH/c1-35-30-17-24-16-29-28-19-27(23-12-10-22(11-13-23)21-8-6-5-7-9-21)33(38-4)32(37-3)26(28)14-15-34(29)20-25(24)18-31(30)36-2;/h5-20H,1-4H3;1H/q+1;/p-1. The smallest absolute Gasteiger partial charge is 0.219 e. The van der Waals surface area contributed by atoms with Crippen molar-refractivity contribution in [3.63, 3.8) is 0 Å². The minimum Gasteiger partial charge on any atom is -1.00 e. The van der Waals surface area contributed by atoms with E-state index in [1.165, 1.54) is 5.56 Å². The second-order valence-electron chi connectivity index (χ2n) is 9.11. The van der Waals surface area contributed by atoms with Crippen LogP contribution in [0.4, 0.5) is 0 Å². The second kappa shape index (κ2) is 10.7. The highest BCUT2D eigenvalue weighted by molar-refractivity contribution is 6.05.